The minimum absolute atomic E-state index is 0.0346. The molecule has 5 nitrogen and oxygen atoms in total. The minimum Gasteiger partial charge on any atom is -0.466 e. The molecule has 0 radical (unpaired) electrons. The van der Waals surface area contributed by atoms with Gasteiger partial charge < -0.3 is 4.74 Å². The summed E-state index contributed by atoms with van der Waals surface area (Å²) >= 11 is 0. The number of nitrogens with two attached hydrogens (primary N) is 1. The molecule has 7 heteroatoms. The van der Waals surface area contributed by atoms with Crippen molar-refractivity contribution in [3.05, 3.63) is 0 Å². The van der Waals surface area contributed by atoms with Crippen molar-refractivity contribution in [2.45, 2.75) is 38.3 Å². The maximum Gasteiger partial charge on any atom is 0.308 e. The van der Waals surface area contributed by atoms with Gasteiger partial charge in [0, 0.05) is 0 Å². The molecule has 0 aromatic rings. The lowest BCUT2D eigenvalue weighted by atomic mass is 9.81. The van der Waals surface area contributed by atoms with Gasteiger partial charge in [0.2, 0.25) is 10.0 Å². The smallest absolute Gasteiger partial charge is 0.308 e. The average Bonchev–Trinajstić information content (AvgIpc) is 2.15. The molecule has 0 spiro atoms. The van der Waals surface area contributed by atoms with Crippen molar-refractivity contribution in [2.75, 3.05) is 12.4 Å². The lowest BCUT2D eigenvalue weighted by Gasteiger charge is -2.32. The third-order valence-electron chi connectivity index (χ3n) is 2.96. The highest BCUT2D eigenvalue weighted by Crippen LogP contribution is 2.36. The van der Waals surface area contributed by atoms with Gasteiger partial charge in [-0.2, -0.15) is 0 Å². The Bertz CT molecular complexity index is 374. The summed E-state index contributed by atoms with van der Waals surface area (Å²) in [5, 5.41) is 4.83. The zero-order chi connectivity index (χ0) is 13.1. The predicted molar refractivity (Wildman–Crippen MR) is 60.4 cm³/mol. The highest BCUT2D eigenvalue weighted by Gasteiger charge is 2.40. The third-order valence-corrected chi connectivity index (χ3v) is 3.88. The molecule has 0 aromatic heterocycles. The molecule has 1 aliphatic rings. The van der Waals surface area contributed by atoms with Crippen molar-refractivity contribution in [3.8, 4) is 0 Å². The summed E-state index contributed by atoms with van der Waals surface area (Å²) in [6.45, 7) is 2.01. The van der Waals surface area contributed by atoms with Crippen molar-refractivity contribution < 1.29 is 22.3 Å². The summed E-state index contributed by atoms with van der Waals surface area (Å²) in [6, 6.07) is 0. The quantitative estimate of drug-likeness (QED) is 0.761. The first-order valence-corrected chi connectivity index (χ1v) is 7.33. The second kappa shape index (κ2) is 5.30. The van der Waals surface area contributed by atoms with E-state index in [4.69, 9.17) is 9.88 Å². The maximum absolute atomic E-state index is 14.1. The number of ether oxygens (including phenoxy) is 1. The largest absolute Gasteiger partial charge is 0.466 e. The number of rotatable bonds is 4. The number of sulfonamides is 1. The molecule has 0 aliphatic heterocycles. The van der Waals surface area contributed by atoms with Crippen molar-refractivity contribution in [1.29, 1.82) is 0 Å². The first-order valence-electron chi connectivity index (χ1n) is 5.62. The summed E-state index contributed by atoms with van der Waals surface area (Å²) in [4.78, 5) is 11.4. The fourth-order valence-electron chi connectivity index (χ4n) is 2.14. The second-order valence-electron chi connectivity index (χ2n) is 4.48. The van der Waals surface area contributed by atoms with E-state index in [0.717, 1.165) is 0 Å². The fraction of sp³-hybridized carbons (Fsp3) is 0.900. The molecular weight excluding hydrogens is 249 g/mol. The molecule has 17 heavy (non-hydrogen) atoms. The minimum atomic E-state index is -3.82. The Kier molecular flexibility index (Phi) is 4.48. The second-order valence-corrected chi connectivity index (χ2v) is 6.10. The number of esters is 1. The number of primary sulfonamides is 1. The van der Waals surface area contributed by atoms with Crippen LogP contribution in [0.15, 0.2) is 0 Å². The Balaban J connectivity index is 2.52. The molecule has 0 saturated heterocycles. The Labute approximate surface area is 101 Å². The number of hydrogen-bond acceptors (Lipinski definition) is 4. The van der Waals surface area contributed by atoms with Crippen molar-refractivity contribution in [1.82, 2.24) is 0 Å². The summed E-state index contributed by atoms with van der Waals surface area (Å²) in [7, 11) is -3.82. The van der Waals surface area contributed by atoms with Crippen molar-refractivity contribution in [2.24, 2.45) is 11.1 Å². The van der Waals surface area contributed by atoms with Crippen molar-refractivity contribution in [3.63, 3.8) is 0 Å². The lowest BCUT2D eigenvalue weighted by molar-refractivity contribution is -0.150. The number of alkyl halides is 1. The van der Waals surface area contributed by atoms with Crippen LogP contribution >= 0.6 is 0 Å². The number of carbonyl (C=O) groups excluding carboxylic acids is 1. The Hall–Kier alpha value is -0.690. The highest BCUT2D eigenvalue weighted by molar-refractivity contribution is 7.89. The van der Waals surface area contributed by atoms with E-state index in [1.807, 2.05) is 0 Å². The summed E-state index contributed by atoms with van der Waals surface area (Å²) in [6.07, 6.45) is 0.690. The zero-order valence-electron chi connectivity index (χ0n) is 9.82. The van der Waals surface area contributed by atoms with Gasteiger partial charge in [-0.25, -0.2) is 17.9 Å². The standard InChI is InChI=1S/C10H18FNO4S/c1-2-16-9(13)8-3-5-10(11,6-4-8)7-17(12,14)15/h8H,2-7H2,1H3,(H2,12,14,15). The molecule has 1 rings (SSSR count). The van der Waals surface area contributed by atoms with E-state index in [0.29, 0.717) is 19.4 Å². The van der Waals surface area contributed by atoms with Crippen molar-refractivity contribution >= 4 is 16.0 Å². The fourth-order valence-corrected chi connectivity index (χ4v) is 3.15. The van der Waals surface area contributed by atoms with Crippen LogP contribution in [-0.2, 0) is 19.6 Å². The van der Waals surface area contributed by atoms with Crippen LogP contribution in [-0.4, -0.2) is 32.4 Å². The van der Waals surface area contributed by atoms with Crippen LogP contribution in [0.2, 0.25) is 0 Å². The van der Waals surface area contributed by atoms with Crippen LogP contribution < -0.4 is 5.14 Å². The first-order chi connectivity index (χ1) is 7.76. The van der Waals surface area contributed by atoms with Gasteiger partial charge in [-0.05, 0) is 32.6 Å². The molecule has 1 saturated carbocycles. The molecule has 0 amide bonds. The molecule has 1 aliphatic carbocycles. The van der Waals surface area contributed by atoms with E-state index < -0.39 is 21.4 Å². The molecule has 0 bridgehead atoms. The van der Waals surface area contributed by atoms with Gasteiger partial charge in [0.25, 0.3) is 0 Å². The number of halogens is 1. The molecular formula is C10H18FNO4S. The number of hydrogen-bond donors (Lipinski definition) is 1. The van der Waals surface area contributed by atoms with E-state index in [-0.39, 0.29) is 24.7 Å². The first kappa shape index (κ1) is 14.4. The average molecular weight is 267 g/mol. The van der Waals surface area contributed by atoms with Crippen LogP contribution in [0.5, 0.6) is 0 Å². The Morgan fingerprint density at radius 1 is 1.47 bits per heavy atom. The zero-order valence-corrected chi connectivity index (χ0v) is 10.6. The lowest BCUT2D eigenvalue weighted by Crippen LogP contribution is -2.40. The topological polar surface area (TPSA) is 86.5 Å². The molecule has 0 unspecified atom stereocenters. The molecule has 100 valence electrons. The van der Waals surface area contributed by atoms with Crippen LogP contribution in [0.25, 0.3) is 0 Å². The molecule has 0 heterocycles. The van der Waals surface area contributed by atoms with Gasteiger partial charge >= 0.3 is 5.97 Å². The maximum atomic E-state index is 14.1. The van der Waals surface area contributed by atoms with Crippen LogP contribution in [0.3, 0.4) is 0 Å². The van der Waals surface area contributed by atoms with E-state index in [9.17, 15) is 17.6 Å². The van der Waals surface area contributed by atoms with Gasteiger partial charge in [-0.1, -0.05) is 0 Å². The normalized spacial score (nSPS) is 29.9. The van der Waals surface area contributed by atoms with Crippen LogP contribution in [0, 0.1) is 5.92 Å². The summed E-state index contributed by atoms with van der Waals surface area (Å²) < 4.78 is 40.7. The van der Waals surface area contributed by atoms with Gasteiger partial charge in [0.05, 0.1) is 18.3 Å². The van der Waals surface area contributed by atoms with Gasteiger partial charge in [-0.15, -0.1) is 0 Å². The van der Waals surface area contributed by atoms with Crippen LogP contribution in [0.4, 0.5) is 4.39 Å². The van der Waals surface area contributed by atoms with Gasteiger partial charge in [0.15, 0.2) is 0 Å². The van der Waals surface area contributed by atoms with E-state index in [1.54, 1.807) is 6.92 Å². The molecule has 0 atom stereocenters. The SMILES string of the molecule is CCOC(=O)C1CCC(F)(CS(N)(=O)=O)CC1. The predicted octanol–water partition coefficient (Wildman–Crippen LogP) is 0.737. The molecule has 1 fully saturated rings. The van der Waals surface area contributed by atoms with E-state index >= 15 is 0 Å². The Morgan fingerprint density at radius 2 is 2.00 bits per heavy atom. The molecule has 2 N–H and O–H groups in total. The molecule has 0 aromatic carbocycles. The Morgan fingerprint density at radius 3 is 2.41 bits per heavy atom. The van der Waals surface area contributed by atoms with Gasteiger partial charge in [0.1, 0.15) is 5.67 Å². The third kappa shape index (κ3) is 4.59. The monoisotopic (exact) mass is 267 g/mol. The van der Waals surface area contributed by atoms with E-state index in [2.05, 4.69) is 0 Å². The van der Waals surface area contributed by atoms with Gasteiger partial charge in [-0.3, -0.25) is 4.79 Å². The number of carbonyl (C=O) groups is 1. The summed E-state index contributed by atoms with van der Waals surface area (Å²) in [5.74, 6) is -1.32. The van der Waals surface area contributed by atoms with E-state index in [1.165, 1.54) is 0 Å². The van der Waals surface area contributed by atoms with Crippen LogP contribution in [0.1, 0.15) is 32.6 Å². The highest BCUT2D eigenvalue weighted by atomic mass is 32.2. The summed E-state index contributed by atoms with van der Waals surface area (Å²) in [5.41, 5.74) is -1.80.